The summed E-state index contributed by atoms with van der Waals surface area (Å²) in [4.78, 5) is 11.4. The highest BCUT2D eigenvalue weighted by Gasteiger charge is 2.19. The van der Waals surface area contributed by atoms with Crippen LogP contribution in [0.1, 0.15) is 13.3 Å². The number of hydrogen-bond donors (Lipinski definition) is 1. The van der Waals surface area contributed by atoms with Crippen LogP contribution in [-0.4, -0.2) is 51.6 Å². The van der Waals surface area contributed by atoms with Crippen LogP contribution < -0.4 is 5.32 Å². The predicted molar refractivity (Wildman–Crippen MR) is 54.7 cm³/mol. The van der Waals surface area contributed by atoms with Crippen molar-refractivity contribution in [2.45, 2.75) is 25.6 Å². The fourth-order valence-corrected chi connectivity index (χ4v) is 1.48. The number of carbonyl (C=O) groups excluding carboxylic acids is 1. The highest BCUT2D eigenvalue weighted by atomic mass is 16.6. The molecule has 0 radical (unpaired) electrons. The lowest BCUT2D eigenvalue weighted by atomic mass is 10.2. The first-order valence-electron chi connectivity index (χ1n) is 5.23. The monoisotopic (exact) mass is 217 g/mol. The maximum atomic E-state index is 11.4. The van der Waals surface area contributed by atoms with Crippen molar-refractivity contribution in [3.05, 3.63) is 0 Å². The fourth-order valence-electron chi connectivity index (χ4n) is 1.48. The van der Waals surface area contributed by atoms with Crippen molar-refractivity contribution in [3.8, 4) is 0 Å². The molecule has 0 spiro atoms. The average molecular weight is 217 g/mol. The summed E-state index contributed by atoms with van der Waals surface area (Å²) in [7, 11) is 1.58. The Morgan fingerprint density at radius 1 is 1.67 bits per heavy atom. The molecular formula is C10H19NO4. The molecule has 1 rings (SSSR count). The number of morpholine rings is 1. The zero-order valence-electron chi connectivity index (χ0n) is 9.32. The number of nitrogens with one attached hydrogen (secondary N) is 1. The highest BCUT2D eigenvalue weighted by molar-refractivity contribution is 5.70. The van der Waals surface area contributed by atoms with Gasteiger partial charge in [0, 0.05) is 20.2 Å². The zero-order valence-corrected chi connectivity index (χ0v) is 9.32. The van der Waals surface area contributed by atoms with Crippen LogP contribution in [0.2, 0.25) is 0 Å². The Morgan fingerprint density at radius 2 is 2.47 bits per heavy atom. The average Bonchev–Trinajstić information content (AvgIpc) is 2.19. The van der Waals surface area contributed by atoms with Crippen molar-refractivity contribution in [2.75, 3.05) is 33.4 Å². The van der Waals surface area contributed by atoms with E-state index in [0.717, 1.165) is 6.54 Å². The van der Waals surface area contributed by atoms with Crippen LogP contribution in [-0.2, 0) is 19.0 Å². The minimum atomic E-state index is -0.228. The molecule has 0 amide bonds. The van der Waals surface area contributed by atoms with Crippen LogP contribution in [0.5, 0.6) is 0 Å². The van der Waals surface area contributed by atoms with Crippen molar-refractivity contribution in [1.29, 1.82) is 0 Å². The SMILES string of the molecule is COCC(C)OC(=O)CC1CNCCO1. The van der Waals surface area contributed by atoms with Gasteiger partial charge in [0.2, 0.25) is 0 Å². The molecule has 1 aliphatic rings. The summed E-state index contributed by atoms with van der Waals surface area (Å²) in [6, 6.07) is 0. The molecule has 0 aliphatic carbocycles. The number of esters is 1. The quantitative estimate of drug-likeness (QED) is 0.654. The van der Waals surface area contributed by atoms with E-state index in [-0.39, 0.29) is 18.2 Å². The van der Waals surface area contributed by atoms with Gasteiger partial charge in [-0.15, -0.1) is 0 Å². The normalized spacial score (nSPS) is 23.5. The summed E-state index contributed by atoms with van der Waals surface area (Å²) >= 11 is 0. The summed E-state index contributed by atoms with van der Waals surface area (Å²) < 4.78 is 15.4. The Hall–Kier alpha value is -0.650. The van der Waals surface area contributed by atoms with E-state index in [9.17, 15) is 4.79 Å². The molecule has 1 fully saturated rings. The Bertz CT molecular complexity index is 192. The third-order valence-electron chi connectivity index (χ3n) is 2.13. The fraction of sp³-hybridized carbons (Fsp3) is 0.900. The lowest BCUT2D eigenvalue weighted by Crippen LogP contribution is -2.40. The molecule has 0 aromatic rings. The predicted octanol–water partition coefficient (Wildman–Crippen LogP) is -0.0570. The molecular weight excluding hydrogens is 198 g/mol. The van der Waals surface area contributed by atoms with Crippen molar-refractivity contribution < 1.29 is 19.0 Å². The molecule has 1 saturated heterocycles. The molecule has 1 aliphatic heterocycles. The van der Waals surface area contributed by atoms with Gasteiger partial charge >= 0.3 is 5.97 Å². The first-order valence-corrected chi connectivity index (χ1v) is 5.23. The van der Waals surface area contributed by atoms with Crippen LogP contribution in [0.25, 0.3) is 0 Å². The molecule has 0 bridgehead atoms. The summed E-state index contributed by atoms with van der Waals surface area (Å²) in [5.74, 6) is -0.228. The molecule has 5 heteroatoms. The molecule has 88 valence electrons. The third kappa shape index (κ3) is 5.11. The summed E-state index contributed by atoms with van der Waals surface area (Å²) in [5, 5.41) is 3.16. The lowest BCUT2D eigenvalue weighted by Gasteiger charge is -2.23. The topological polar surface area (TPSA) is 56.8 Å². The van der Waals surface area contributed by atoms with Crippen molar-refractivity contribution in [3.63, 3.8) is 0 Å². The minimum Gasteiger partial charge on any atom is -0.460 e. The molecule has 0 aromatic carbocycles. The first-order chi connectivity index (χ1) is 7.22. The number of rotatable bonds is 5. The van der Waals surface area contributed by atoms with Gasteiger partial charge < -0.3 is 19.5 Å². The molecule has 2 atom stereocenters. The van der Waals surface area contributed by atoms with E-state index < -0.39 is 0 Å². The van der Waals surface area contributed by atoms with Gasteiger partial charge in [-0.2, -0.15) is 0 Å². The first kappa shape index (κ1) is 12.4. The molecule has 0 saturated carbocycles. The molecule has 5 nitrogen and oxygen atoms in total. The largest absolute Gasteiger partial charge is 0.460 e. The Morgan fingerprint density at radius 3 is 3.07 bits per heavy atom. The summed E-state index contributed by atoms with van der Waals surface area (Å²) in [6.45, 7) is 4.46. The third-order valence-corrected chi connectivity index (χ3v) is 2.13. The van der Waals surface area contributed by atoms with E-state index >= 15 is 0 Å². The number of hydrogen-bond acceptors (Lipinski definition) is 5. The number of carbonyl (C=O) groups is 1. The van der Waals surface area contributed by atoms with Gasteiger partial charge in [0.1, 0.15) is 6.10 Å². The van der Waals surface area contributed by atoms with Crippen LogP contribution >= 0.6 is 0 Å². The van der Waals surface area contributed by atoms with Gasteiger partial charge in [0.15, 0.2) is 0 Å². The zero-order chi connectivity index (χ0) is 11.1. The summed E-state index contributed by atoms with van der Waals surface area (Å²) in [5.41, 5.74) is 0. The van der Waals surface area contributed by atoms with E-state index in [4.69, 9.17) is 14.2 Å². The second-order valence-electron chi connectivity index (χ2n) is 3.66. The summed E-state index contributed by atoms with van der Waals surface area (Å²) in [6.07, 6.45) is 0.0566. The van der Waals surface area contributed by atoms with E-state index in [1.807, 2.05) is 0 Å². The molecule has 2 unspecified atom stereocenters. The maximum absolute atomic E-state index is 11.4. The Kier molecular flexibility index (Phi) is 5.60. The van der Waals surface area contributed by atoms with Crippen molar-refractivity contribution in [1.82, 2.24) is 5.32 Å². The molecule has 0 aromatic heterocycles. The van der Waals surface area contributed by atoms with Crippen LogP contribution in [0.15, 0.2) is 0 Å². The van der Waals surface area contributed by atoms with Gasteiger partial charge in [-0.3, -0.25) is 4.79 Å². The Balaban J connectivity index is 2.16. The van der Waals surface area contributed by atoms with Gasteiger partial charge in [-0.25, -0.2) is 0 Å². The van der Waals surface area contributed by atoms with Crippen LogP contribution in [0.4, 0.5) is 0 Å². The van der Waals surface area contributed by atoms with E-state index in [0.29, 0.717) is 26.2 Å². The smallest absolute Gasteiger partial charge is 0.308 e. The highest BCUT2D eigenvalue weighted by Crippen LogP contribution is 2.04. The number of ether oxygens (including phenoxy) is 3. The Labute approximate surface area is 90.1 Å². The maximum Gasteiger partial charge on any atom is 0.308 e. The second kappa shape index (κ2) is 6.76. The van der Waals surface area contributed by atoms with Gasteiger partial charge in [0.25, 0.3) is 0 Å². The van der Waals surface area contributed by atoms with Crippen LogP contribution in [0.3, 0.4) is 0 Å². The van der Waals surface area contributed by atoms with Gasteiger partial charge in [0.05, 0.1) is 25.7 Å². The second-order valence-corrected chi connectivity index (χ2v) is 3.66. The van der Waals surface area contributed by atoms with Gasteiger partial charge in [-0.1, -0.05) is 0 Å². The molecule has 15 heavy (non-hydrogen) atoms. The van der Waals surface area contributed by atoms with Gasteiger partial charge in [-0.05, 0) is 6.92 Å². The lowest BCUT2D eigenvalue weighted by molar-refractivity contribution is -0.154. The number of methoxy groups -OCH3 is 1. The van der Waals surface area contributed by atoms with E-state index in [2.05, 4.69) is 5.32 Å². The molecule has 1 heterocycles. The van der Waals surface area contributed by atoms with Crippen molar-refractivity contribution >= 4 is 5.97 Å². The van der Waals surface area contributed by atoms with Crippen LogP contribution in [0, 0.1) is 0 Å². The van der Waals surface area contributed by atoms with E-state index in [1.54, 1.807) is 14.0 Å². The molecule has 1 N–H and O–H groups in total. The minimum absolute atomic E-state index is 0.0546. The van der Waals surface area contributed by atoms with Crippen molar-refractivity contribution in [2.24, 2.45) is 0 Å². The van der Waals surface area contributed by atoms with E-state index in [1.165, 1.54) is 0 Å². The standard InChI is InChI=1S/C10H19NO4/c1-8(7-13-2)15-10(12)5-9-6-11-3-4-14-9/h8-9,11H,3-7H2,1-2H3.